The number of hydrogen-bond donors (Lipinski definition) is 0. The Balaban J connectivity index is 2.34. The number of rotatable bonds is 1. The van der Waals surface area contributed by atoms with Crippen LogP contribution >= 0.6 is 0 Å². The van der Waals surface area contributed by atoms with Crippen molar-refractivity contribution in [3.8, 4) is 0 Å². The second kappa shape index (κ2) is 2.81. The minimum atomic E-state index is 0.828. The molecule has 0 spiro atoms. The first kappa shape index (κ1) is 7.10. The van der Waals surface area contributed by atoms with E-state index in [4.69, 9.17) is 0 Å². The fourth-order valence-electron chi connectivity index (χ4n) is 1.13. The van der Waals surface area contributed by atoms with Crippen molar-refractivity contribution in [3.63, 3.8) is 0 Å². The molecule has 1 radical (unpaired) electrons. The summed E-state index contributed by atoms with van der Waals surface area (Å²) in [6.07, 6.45) is 1.80. The van der Waals surface area contributed by atoms with E-state index in [1.807, 2.05) is 37.3 Å². The molecule has 1 aliphatic rings. The molecule has 0 aliphatic carbocycles. The van der Waals surface area contributed by atoms with Gasteiger partial charge in [0, 0.05) is 5.56 Å². The van der Waals surface area contributed by atoms with Crippen molar-refractivity contribution in [1.29, 1.82) is 0 Å². The summed E-state index contributed by atoms with van der Waals surface area (Å²) in [4.78, 5) is 4.27. The van der Waals surface area contributed by atoms with Crippen LogP contribution in [-0.2, 0) is 0 Å². The number of benzene rings is 1. The predicted octanol–water partition coefficient (Wildman–Crippen LogP) is 2.02. The average Bonchev–Trinajstić information content (AvgIpc) is 2.54. The minimum Gasteiger partial charge on any atom is -0.239 e. The summed E-state index contributed by atoms with van der Waals surface area (Å²) in [6, 6.07) is 10.1. The van der Waals surface area contributed by atoms with E-state index in [0.717, 1.165) is 17.1 Å². The highest BCUT2D eigenvalue weighted by molar-refractivity contribution is 5.91. The first-order valence-corrected chi connectivity index (χ1v) is 3.88. The molecule has 0 saturated carbocycles. The molecular weight excluding hydrogens is 148 g/mol. The summed E-state index contributed by atoms with van der Waals surface area (Å²) in [5, 5.41) is 4.08. The highest BCUT2D eigenvalue weighted by Crippen LogP contribution is 2.17. The maximum atomic E-state index is 4.27. The van der Waals surface area contributed by atoms with Gasteiger partial charge in [-0.3, -0.25) is 0 Å². The molecule has 0 bridgehead atoms. The third kappa shape index (κ3) is 1.23. The van der Waals surface area contributed by atoms with Crippen LogP contribution in [-0.4, -0.2) is 5.84 Å². The van der Waals surface area contributed by atoms with Gasteiger partial charge >= 0.3 is 0 Å². The van der Waals surface area contributed by atoms with Gasteiger partial charge in [0.25, 0.3) is 0 Å². The van der Waals surface area contributed by atoms with E-state index in [-0.39, 0.29) is 0 Å². The van der Waals surface area contributed by atoms with E-state index in [1.54, 1.807) is 6.20 Å². The van der Waals surface area contributed by atoms with E-state index in [2.05, 4.69) is 10.3 Å². The smallest absolute Gasteiger partial charge is 0.126 e. The van der Waals surface area contributed by atoms with Gasteiger partial charge in [-0.15, -0.1) is 0 Å². The van der Waals surface area contributed by atoms with Crippen LogP contribution in [0.4, 0.5) is 0 Å². The van der Waals surface area contributed by atoms with Crippen LogP contribution < -0.4 is 5.32 Å². The molecule has 2 heteroatoms. The van der Waals surface area contributed by atoms with Crippen LogP contribution in [0.2, 0.25) is 0 Å². The summed E-state index contributed by atoms with van der Waals surface area (Å²) < 4.78 is 0. The first-order chi connectivity index (χ1) is 5.86. The molecular formula is C10H9N2. The molecule has 0 N–H and O–H groups in total. The summed E-state index contributed by atoms with van der Waals surface area (Å²) in [5.74, 6) is 0.828. The second-order valence-electron chi connectivity index (χ2n) is 2.67. The number of hydrogen-bond acceptors (Lipinski definition) is 1. The van der Waals surface area contributed by atoms with Crippen LogP contribution in [0.25, 0.3) is 5.70 Å². The summed E-state index contributed by atoms with van der Waals surface area (Å²) in [7, 11) is 0. The fraction of sp³-hybridized carbons (Fsp3) is 0.100. The molecule has 2 rings (SSSR count). The Morgan fingerprint density at radius 3 is 2.42 bits per heavy atom. The molecule has 59 valence electrons. The quantitative estimate of drug-likeness (QED) is 0.596. The Hall–Kier alpha value is -1.57. The highest BCUT2D eigenvalue weighted by Gasteiger charge is 2.06. The molecule has 0 fully saturated rings. The Morgan fingerprint density at radius 2 is 1.83 bits per heavy atom. The number of nitrogens with zero attached hydrogens (tertiary/aromatic N) is 2. The number of aliphatic imine (C=N–C) groups is 1. The third-order valence-corrected chi connectivity index (χ3v) is 1.73. The van der Waals surface area contributed by atoms with Gasteiger partial charge in [0.2, 0.25) is 0 Å². The zero-order valence-electron chi connectivity index (χ0n) is 6.86. The van der Waals surface area contributed by atoms with Gasteiger partial charge in [0.05, 0.1) is 11.9 Å². The van der Waals surface area contributed by atoms with Crippen molar-refractivity contribution in [2.24, 2.45) is 4.99 Å². The van der Waals surface area contributed by atoms with Crippen molar-refractivity contribution < 1.29 is 0 Å². The standard InChI is InChI=1S/C10H9N2/c1-8-11-7-10(12-8)9-5-3-2-4-6-9/h2-7H,1H3. The lowest BCUT2D eigenvalue weighted by Gasteiger charge is -1.94. The largest absolute Gasteiger partial charge is 0.239 e. The third-order valence-electron chi connectivity index (χ3n) is 1.73. The molecule has 2 nitrogen and oxygen atoms in total. The zero-order valence-corrected chi connectivity index (χ0v) is 6.86. The topological polar surface area (TPSA) is 26.5 Å². The molecule has 0 unspecified atom stereocenters. The van der Waals surface area contributed by atoms with Gasteiger partial charge in [-0.25, -0.2) is 10.3 Å². The van der Waals surface area contributed by atoms with Gasteiger partial charge in [-0.2, -0.15) is 0 Å². The first-order valence-electron chi connectivity index (χ1n) is 3.88. The van der Waals surface area contributed by atoms with Gasteiger partial charge in [0.15, 0.2) is 0 Å². The monoisotopic (exact) mass is 157 g/mol. The van der Waals surface area contributed by atoms with Gasteiger partial charge < -0.3 is 0 Å². The lowest BCUT2D eigenvalue weighted by atomic mass is 10.2. The molecule has 12 heavy (non-hydrogen) atoms. The SMILES string of the molecule is CC1=NC(c2ccccc2)=C[N]1. The van der Waals surface area contributed by atoms with Crippen molar-refractivity contribution in [3.05, 3.63) is 42.1 Å². The van der Waals surface area contributed by atoms with Crippen LogP contribution in [0.1, 0.15) is 12.5 Å². The second-order valence-corrected chi connectivity index (χ2v) is 2.67. The molecule has 0 aromatic heterocycles. The van der Waals surface area contributed by atoms with Crippen molar-refractivity contribution in [1.82, 2.24) is 5.32 Å². The fourth-order valence-corrected chi connectivity index (χ4v) is 1.13. The lowest BCUT2D eigenvalue weighted by Crippen LogP contribution is -1.97. The molecule has 0 amide bonds. The minimum absolute atomic E-state index is 0.828. The molecule has 0 saturated heterocycles. The molecule has 1 heterocycles. The summed E-state index contributed by atoms with van der Waals surface area (Å²) in [5.41, 5.74) is 2.08. The Labute approximate surface area is 71.6 Å². The Morgan fingerprint density at radius 1 is 1.08 bits per heavy atom. The maximum absolute atomic E-state index is 4.27. The summed E-state index contributed by atoms with van der Waals surface area (Å²) >= 11 is 0. The van der Waals surface area contributed by atoms with Gasteiger partial charge in [0.1, 0.15) is 5.84 Å². The van der Waals surface area contributed by atoms with E-state index in [0.29, 0.717) is 0 Å². The lowest BCUT2D eigenvalue weighted by molar-refractivity contribution is 1.28. The summed E-state index contributed by atoms with van der Waals surface area (Å²) in [6.45, 7) is 1.90. The average molecular weight is 157 g/mol. The zero-order chi connectivity index (χ0) is 8.39. The van der Waals surface area contributed by atoms with E-state index in [1.165, 1.54) is 0 Å². The van der Waals surface area contributed by atoms with Crippen molar-refractivity contribution in [2.45, 2.75) is 6.92 Å². The van der Waals surface area contributed by atoms with Crippen LogP contribution in [0, 0.1) is 0 Å². The predicted molar refractivity (Wildman–Crippen MR) is 49.7 cm³/mol. The van der Waals surface area contributed by atoms with Gasteiger partial charge in [-0.1, -0.05) is 30.3 Å². The van der Waals surface area contributed by atoms with Crippen molar-refractivity contribution in [2.75, 3.05) is 0 Å². The number of amidine groups is 1. The van der Waals surface area contributed by atoms with Crippen LogP contribution in [0.3, 0.4) is 0 Å². The highest BCUT2D eigenvalue weighted by atomic mass is 15.0. The van der Waals surface area contributed by atoms with E-state index in [9.17, 15) is 0 Å². The Bertz CT molecular complexity index is 336. The van der Waals surface area contributed by atoms with E-state index < -0.39 is 0 Å². The molecule has 1 aromatic rings. The normalized spacial score (nSPS) is 15.1. The Kier molecular flexibility index (Phi) is 1.67. The van der Waals surface area contributed by atoms with Crippen LogP contribution in [0.5, 0.6) is 0 Å². The maximum Gasteiger partial charge on any atom is 0.126 e. The van der Waals surface area contributed by atoms with Crippen LogP contribution in [0.15, 0.2) is 41.5 Å². The van der Waals surface area contributed by atoms with Gasteiger partial charge in [-0.05, 0) is 6.92 Å². The molecule has 1 aromatic carbocycles. The molecule has 1 aliphatic heterocycles. The molecule has 0 atom stereocenters. The van der Waals surface area contributed by atoms with Crippen molar-refractivity contribution >= 4 is 11.5 Å². The van der Waals surface area contributed by atoms with E-state index >= 15 is 0 Å².